The van der Waals surface area contributed by atoms with Crippen LogP contribution in [-0.2, 0) is 6.42 Å². The topological polar surface area (TPSA) is 47.3 Å². The van der Waals surface area contributed by atoms with Gasteiger partial charge in [-0.2, -0.15) is 0 Å². The maximum absolute atomic E-state index is 6.13. The normalized spacial score (nSPS) is 28.0. The lowest BCUT2D eigenvalue weighted by atomic mass is 9.83. The van der Waals surface area contributed by atoms with E-state index < -0.39 is 0 Å². The Hall–Kier alpha value is -1.22. The van der Waals surface area contributed by atoms with Gasteiger partial charge in [0.15, 0.2) is 0 Å². The van der Waals surface area contributed by atoms with E-state index in [1.165, 1.54) is 31.2 Å². The molecule has 0 amide bonds. The zero-order chi connectivity index (χ0) is 17.1. The average Bonchev–Trinajstić information content (AvgIpc) is 3.17. The van der Waals surface area contributed by atoms with Crippen molar-refractivity contribution in [1.29, 1.82) is 0 Å². The predicted molar refractivity (Wildman–Crippen MR) is 101 cm³/mol. The van der Waals surface area contributed by atoms with Gasteiger partial charge in [0.25, 0.3) is 0 Å². The molecule has 3 heteroatoms. The molecule has 1 aromatic rings. The van der Waals surface area contributed by atoms with Crippen LogP contribution in [0.2, 0.25) is 0 Å². The van der Waals surface area contributed by atoms with Gasteiger partial charge >= 0.3 is 0 Å². The summed E-state index contributed by atoms with van der Waals surface area (Å²) in [7, 11) is 0. The molecule has 134 valence electrons. The van der Waals surface area contributed by atoms with E-state index in [1.54, 1.807) is 0 Å². The molecule has 3 nitrogen and oxygen atoms in total. The second kappa shape index (κ2) is 7.77. The molecule has 1 aromatic carbocycles. The van der Waals surface area contributed by atoms with Crippen LogP contribution >= 0.6 is 0 Å². The Morgan fingerprint density at radius 3 is 2.71 bits per heavy atom. The lowest BCUT2D eigenvalue weighted by Gasteiger charge is -2.31. The van der Waals surface area contributed by atoms with Crippen molar-refractivity contribution in [1.82, 2.24) is 5.32 Å². The summed E-state index contributed by atoms with van der Waals surface area (Å²) in [6.45, 7) is 7.51. The van der Waals surface area contributed by atoms with Gasteiger partial charge in [0.1, 0.15) is 5.75 Å². The van der Waals surface area contributed by atoms with Crippen molar-refractivity contribution in [3.63, 3.8) is 0 Å². The second-order valence-corrected chi connectivity index (χ2v) is 8.12. The van der Waals surface area contributed by atoms with Crippen molar-refractivity contribution in [3.8, 4) is 5.75 Å². The number of ether oxygens (including phenoxy) is 1. The second-order valence-electron chi connectivity index (χ2n) is 8.12. The summed E-state index contributed by atoms with van der Waals surface area (Å²) in [6, 6.07) is 7.35. The average molecular weight is 331 g/mol. The first kappa shape index (κ1) is 17.6. The smallest absolute Gasteiger partial charge is 0.142 e. The van der Waals surface area contributed by atoms with Gasteiger partial charge in [-0.3, -0.25) is 0 Å². The summed E-state index contributed by atoms with van der Waals surface area (Å²) < 4.78 is 5.67. The van der Waals surface area contributed by atoms with Crippen molar-refractivity contribution >= 4 is 5.69 Å². The Labute approximate surface area is 147 Å². The SMILES string of the molecule is CCCOc1ccc(CC(C)NC(C)C2CC3CCC2C3)cc1N. The number of rotatable bonds is 8. The van der Waals surface area contributed by atoms with E-state index in [0.29, 0.717) is 12.1 Å². The van der Waals surface area contributed by atoms with Gasteiger partial charge < -0.3 is 15.8 Å². The molecule has 0 aliphatic heterocycles. The first-order valence-corrected chi connectivity index (χ1v) is 9.84. The Morgan fingerprint density at radius 2 is 2.08 bits per heavy atom. The molecule has 0 heterocycles. The van der Waals surface area contributed by atoms with Crippen LogP contribution in [0.25, 0.3) is 0 Å². The van der Waals surface area contributed by atoms with Crippen LogP contribution in [0, 0.1) is 17.8 Å². The first-order valence-electron chi connectivity index (χ1n) is 9.84. The summed E-state index contributed by atoms with van der Waals surface area (Å²) in [6.07, 6.45) is 7.90. The fourth-order valence-electron chi connectivity index (χ4n) is 4.96. The molecule has 0 radical (unpaired) electrons. The maximum Gasteiger partial charge on any atom is 0.142 e. The van der Waals surface area contributed by atoms with Gasteiger partial charge in [-0.05, 0) is 81.4 Å². The zero-order valence-electron chi connectivity index (χ0n) is 15.6. The van der Waals surface area contributed by atoms with E-state index >= 15 is 0 Å². The lowest BCUT2D eigenvalue weighted by Crippen LogP contribution is -2.42. The summed E-state index contributed by atoms with van der Waals surface area (Å²) in [5.74, 6) is 3.71. The third-order valence-electron chi connectivity index (χ3n) is 6.06. The Kier molecular flexibility index (Phi) is 5.70. The van der Waals surface area contributed by atoms with E-state index in [4.69, 9.17) is 10.5 Å². The Balaban J connectivity index is 1.51. The molecular formula is C21H34N2O. The highest BCUT2D eigenvalue weighted by Gasteiger charge is 2.41. The molecule has 2 aliphatic carbocycles. The molecule has 0 saturated heterocycles. The Bertz CT molecular complexity index is 545. The Morgan fingerprint density at radius 1 is 1.25 bits per heavy atom. The number of hydrogen-bond acceptors (Lipinski definition) is 3. The molecule has 5 unspecified atom stereocenters. The number of nitrogens with one attached hydrogen (secondary N) is 1. The standard InChI is InChI=1S/C21H34N2O/c1-4-9-24-21-8-6-16(13-20(21)22)10-14(2)23-15(3)19-12-17-5-7-18(19)11-17/h6,8,13-15,17-19,23H,4-5,7,9-12,22H2,1-3H3. The molecule has 5 atom stereocenters. The summed E-state index contributed by atoms with van der Waals surface area (Å²) >= 11 is 0. The van der Waals surface area contributed by atoms with Gasteiger partial charge in [-0.15, -0.1) is 0 Å². The highest BCUT2D eigenvalue weighted by Crippen LogP contribution is 2.49. The van der Waals surface area contributed by atoms with Crippen molar-refractivity contribution in [2.45, 2.75) is 71.4 Å². The van der Waals surface area contributed by atoms with E-state index in [-0.39, 0.29) is 0 Å². The number of fused-ring (bicyclic) bond motifs is 2. The fraction of sp³-hybridized carbons (Fsp3) is 0.714. The van der Waals surface area contributed by atoms with Crippen molar-refractivity contribution in [2.24, 2.45) is 17.8 Å². The third kappa shape index (κ3) is 4.05. The third-order valence-corrected chi connectivity index (χ3v) is 6.06. The molecule has 2 saturated carbocycles. The summed E-state index contributed by atoms with van der Waals surface area (Å²) in [4.78, 5) is 0. The molecular weight excluding hydrogens is 296 g/mol. The summed E-state index contributed by atoms with van der Waals surface area (Å²) in [5, 5.41) is 3.85. The quantitative estimate of drug-likeness (QED) is 0.694. The number of anilines is 1. The van der Waals surface area contributed by atoms with Crippen molar-refractivity contribution in [3.05, 3.63) is 23.8 Å². The number of nitrogens with two attached hydrogens (primary N) is 1. The van der Waals surface area contributed by atoms with E-state index in [1.807, 2.05) is 6.07 Å². The van der Waals surface area contributed by atoms with Crippen LogP contribution in [0.4, 0.5) is 5.69 Å². The van der Waals surface area contributed by atoms with Crippen LogP contribution in [0.1, 0.15) is 58.4 Å². The minimum atomic E-state index is 0.473. The summed E-state index contributed by atoms with van der Waals surface area (Å²) in [5.41, 5.74) is 8.18. The van der Waals surface area contributed by atoms with Crippen LogP contribution in [0.5, 0.6) is 5.75 Å². The largest absolute Gasteiger partial charge is 0.491 e. The van der Waals surface area contributed by atoms with Gasteiger partial charge in [0, 0.05) is 12.1 Å². The highest BCUT2D eigenvalue weighted by molar-refractivity contribution is 5.54. The first-order chi connectivity index (χ1) is 11.6. The highest BCUT2D eigenvalue weighted by atomic mass is 16.5. The van der Waals surface area contributed by atoms with Crippen LogP contribution in [0.3, 0.4) is 0 Å². The van der Waals surface area contributed by atoms with Crippen LogP contribution < -0.4 is 15.8 Å². The molecule has 2 bridgehead atoms. The van der Waals surface area contributed by atoms with Crippen LogP contribution in [-0.4, -0.2) is 18.7 Å². The molecule has 0 aromatic heterocycles. The van der Waals surface area contributed by atoms with E-state index in [2.05, 4.69) is 38.2 Å². The van der Waals surface area contributed by atoms with Crippen molar-refractivity contribution < 1.29 is 4.74 Å². The van der Waals surface area contributed by atoms with Gasteiger partial charge in [-0.1, -0.05) is 19.4 Å². The van der Waals surface area contributed by atoms with Crippen molar-refractivity contribution in [2.75, 3.05) is 12.3 Å². The minimum absolute atomic E-state index is 0.473. The van der Waals surface area contributed by atoms with Crippen LogP contribution in [0.15, 0.2) is 18.2 Å². The number of benzene rings is 1. The predicted octanol–water partition coefficient (Wildman–Crippen LogP) is 4.40. The molecule has 3 N–H and O–H groups in total. The molecule has 0 spiro atoms. The van der Waals surface area contributed by atoms with E-state index in [9.17, 15) is 0 Å². The van der Waals surface area contributed by atoms with Gasteiger partial charge in [0.2, 0.25) is 0 Å². The minimum Gasteiger partial charge on any atom is -0.491 e. The molecule has 2 fully saturated rings. The number of hydrogen-bond donors (Lipinski definition) is 2. The lowest BCUT2D eigenvalue weighted by molar-refractivity contribution is 0.247. The van der Waals surface area contributed by atoms with Gasteiger partial charge in [0.05, 0.1) is 12.3 Å². The maximum atomic E-state index is 6.13. The number of nitrogen functional groups attached to an aromatic ring is 1. The van der Waals surface area contributed by atoms with Gasteiger partial charge in [-0.25, -0.2) is 0 Å². The zero-order valence-corrected chi connectivity index (χ0v) is 15.6. The molecule has 2 aliphatic rings. The van der Waals surface area contributed by atoms with E-state index in [0.717, 1.165) is 48.6 Å². The fourth-order valence-corrected chi connectivity index (χ4v) is 4.96. The monoisotopic (exact) mass is 330 g/mol. The molecule has 3 rings (SSSR count). The molecule has 24 heavy (non-hydrogen) atoms.